The van der Waals surface area contributed by atoms with E-state index in [1.54, 1.807) is 0 Å². The fourth-order valence-electron chi connectivity index (χ4n) is 1.81. The van der Waals surface area contributed by atoms with Crippen LogP contribution in [0.25, 0.3) is 0 Å². The number of sulfonamides is 1. The number of nitrogens with one attached hydrogen (secondary N) is 1. The van der Waals surface area contributed by atoms with Crippen LogP contribution in [0.5, 0.6) is 0 Å². The van der Waals surface area contributed by atoms with Gasteiger partial charge in [-0.2, -0.15) is 0 Å². The number of carbonyl (C=O) groups is 1. The molecule has 1 saturated heterocycles. The van der Waals surface area contributed by atoms with E-state index in [-0.39, 0.29) is 16.9 Å². The summed E-state index contributed by atoms with van der Waals surface area (Å²) >= 11 is 6.57. The summed E-state index contributed by atoms with van der Waals surface area (Å²) in [4.78, 5) is 11.9. The van der Waals surface area contributed by atoms with Crippen molar-refractivity contribution >= 4 is 38.9 Å². The summed E-state index contributed by atoms with van der Waals surface area (Å²) in [5.41, 5.74) is 0. The first kappa shape index (κ1) is 16.7. The van der Waals surface area contributed by atoms with Crippen LogP contribution in [-0.2, 0) is 24.3 Å². The molecule has 1 N–H and O–H groups in total. The molecule has 1 aliphatic rings. The lowest BCUT2D eigenvalue weighted by Gasteiger charge is -2.15. The van der Waals surface area contributed by atoms with Crippen molar-refractivity contribution in [2.45, 2.75) is 36.2 Å². The first-order valence-electron chi connectivity index (χ1n) is 6.43. The van der Waals surface area contributed by atoms with E-state index in [0.29, 0.717) is 10.9 Å². The maximum absolute atomic E-state index is 12.0. The van der Waals surface area contributed by atoms with Gasteiger partial charge in [0.05, 0.1) is 17.0 Å². The maximum Gasteiger partial charge on any atom is 0.273 e. The number of halogens is 1. The molecule has 0 aliphatic carbocycles. The highest BCUT2D eigenvalue weighted by atomic mass is 35.5. The molecule has 0 bridgehead atoms. The predicted molar refractivity (Wildman–Crippen MR) is 79.0 cm³/mol. The molecule has 1 aromatic rings. The number of hydrogen-bond donors (Lipinski definition) is 1. The van der Waals surface area contributed by atoms with Gasteiger partial charge in [-0.3, -0.25) is 4.79 Å². The number of carbonyl (C=O) groups excluding carboxylic acids is 1. The van der Waals surface area contributed by atoms with E-state index in [9.17, 15) is 13.2 Å². The predicted octanol–water partition coefficient (Wildman–Crippen LogP) is 1.79. The zero-order valence-corrected chi connectivity index (χ0v) is 13.8. The molecule has 0 unspecified atom stereocenters. The maximum atomic E-state index is 12.0. The lowest BCUT2D eigenvalue weighted by atomic mass is 10.2. The molecule has 118 valence electrons. The highest BCUT2D eigenvalue weighted by molar-refractivity contribution is 7.92. The van der Waals surface area contributed by atoms with Gasteiger partial charge in [0.15, 0.2) is 0 Å². The Morgan fingerprint density at radius 1 is 1.62 bits per heavy atom. The second-order valence-electron chi connectivity index (χ2n) is 4.64. The van der Waals surface area contributed by atoms with Crippen LogP contribution >= 0.6 is 22.9 Å². The summed E-state index contributed by atoms with van der Waals surface area (Å²) in [5.74, 6) is -0.711. The minimum absolute atomic E-state index is 0.00724. The van der Waals surface area contributed by atoms with Crippen molar-refractivity contribution < 1.29 is 22.7 Å². The van der Waals surface area contributed by atoms with E-state index < -0.39 is 22.0 Å². The quantitative estimate of drug-likeness (QED) is 0.843. The zero-order valence-electron chi connectivity index (χ0n) is 11.4. The first-order chi connectivity index (χ1) is 9.88. The lowest BCUT2D eigenvalue weighted by molar-refractivity contribution is -0.131. The van der Waals surface area contributed by atoms with E-state index in [2.05, 4.69) is 0 Å². The second-order valence-corrected chi connectivity index (χ2v) is 8.26. The Morgan fingerprint density at radius 3 is 2.95 bits per heavy atom. The third-order valence-corrected chi connectivity index (χ3v) is 6.04. The Balaban J connectivity index is 1.87. The molecule has 9 heteroatoms. The molecular weight excluding hydrogens is 338 g/mol. The summed E-state index contributed by atoms with van der Waals surface area (Å²) in [7, 11) is -3.90. The van der Waals surface area contributed by atoms with Gasteiger partial charge in [0.1, 0.15) is 10.3 Å². The number of rotatable bonds is 6. The van der Waals surface area contributed by atoms with Crippen LogP contribution in [0, 0.1) is 0 Å². The van der Waals surface area contributed by atoms with Crippen molar-refractivity contribution in [2.75, 3.05) is 13.2 Å². The Labute approximate surface area is 132 Å². The van der Waals surface area contributed by atoms with E-state index in [4.69, 9.17) is 21.1 Å². The Kier molecular flexibility index (Phi) is 5.61. The number of hydrogen-bond acceptors (Lipinski definition) is 6. The van der Waals surface area contributed by atoms with Gasteiger partial charge in [0, 0.05) is 6.61 Å². The summed E-state index contributed by atoms with van der Waals surface area (Å²) in [6, 6.07) is 2.81. The molecule has 2 atom stereocenters. The van der Waals surface area contributed by atoms with Crippen LogP contribution < -0.4 is 4.72 Å². The van der Waals surface area contributed by atoms with Gasteiger partial charge in [-0.05, 0) is 31.9 Å². The second kappa shape index (κ2) is 7.06. The molecule has 1 fully saturated rings. The highest BCUT2D eigenvalue weighted by Gasteiger charge is 2.25. The molecule has 0 aromatic carbocycles. The zero-order chi connectivity index (χ0) is 15.5. The standard InChI is InChI=1S/C12H16ClNO5S2/c1-8(19-7-9-3-2-6-18-9)12(15)14-21(16,17)11-5-4-10(13)20-11/h4-5,8-9H,2-3,6-7H2,1H3,(H,14,15)/t8-,9-/m1/s1. The first-order valence-corrected chi connectivity index (χ1v) is 9.11. The molecule has 1 amide bonds. The average molecular weight is 354 g/mol. The van der Waals surface area contributed by atoms with Crippen molar-refractivity contribution in [3.8, 4) is 0 Å². The Morgan fingerprint density at radius 2 is 2.38 bits per heavy atom. The van der Waals surface area contributed by atoms with Crippen molar-refractivity contribution in [1.82, 2.24) is 4.72 Å². The fraction of sp³-hybridized carbons (Fsp3) is 0.583. The van der Waals surface area contributed by atoms with Gasteiger partial charge in [-0.1, -0.05) is 11.6 Å². The molecule has 0 radical (unpaired) electrons. The minimum Gasteiger partial charge on any atom is -0.376 e. The van der Waals surface area contributed by atoms with Crippen LogP contribution in [0.2, 0.25) is 4.34 Å². The molecule has 6 nitrogen and oxygen atoms in total. The molecule has 0 spiro atoms. The Hall–Kier alpha value is -0.670. The molecular formula is C12H16ClNO5S2. The minimum atomic E-state index is -3.90. The van der Waals surface area contributed by atoms with Crippen LogP contribution in [0.1, 0.15) is 19.8 Å². The van der Waals surface area contributed by atoms with Gasteiger partial charge in [-0.25, -0.2) is 13.1 Å². The molecule has 1 aromatic heterocycles. The molecule has 2 rings (SSSR count). The molecule has 0 saturated carbocycles. The smallest absolute Gasteiger partial charge is 0.273 e. The van der Waals surface area contributed by atoms with Crippen molar-refractivity contribution in [3.05, 3.63) is 16.5 Å². The monoisotopic (exact) mass is 353 g/mol. The number of ether oxygens (including phenoxy) is 2. The molecule has 2 heterocycles. The van der Waals surface area contributed by atoms with Gasteiger partial charge < -0.3 is 9.47 Å². The topological polar surface area (TPSA) is 81.7 Å². The summed E-state index contributed by atoms with van der Waals surface area (Å²) in [6.45, 7) is 2.47. The number of thiophene rings is 1. The summed E-state index contributed by atoms with van der Waals surface area (Å²) in [5, 5.41) is 0. The van der Waals surface area contributed by atoms with Crippen molar-refractivity contribution in [2.24, 2.45) is 0 Å². The number of amides is 1. The molecule has 1 aliphatic heterocycles. The van der Waals surface area contributed by atoms with Crippen LogP contribution in [-0.4, -0.2) is 39.7 Å². The fourth-order valence-corrected chi connectivity index (χ4v) is 4.34. The highest BCUT2D eigenvalue weighted by Crippen LogP contribution is 2.25. The summed E-state index contributed by atoms with van der Waals surface area (Å²) in [6.07, 6.45) is 0.968. The van der Waals surface area contributed by atoms with Crippen molar-refractivity contribution in [3.63, 3.8) is 0 Å². The van der Waals surface area contributed by atoms with Crippen molar-refractivity contribution in [1.29, 1.82) is 0 Å². The molecule has 21 heavy (non-hydrogen) atoms. The summed E-state index contributed by atoms with van der Waals surface area (Å²) < 4.78 is 37.0. The third kappa shape index (κ3) is 4.65. The Bertz CT molecular complexity index is 595. The largest absolute Gasteiger partial charge is 0.376 e. The van der Waals surface area contributed by atoms with E-state index in [1.165, 1.54) is 19.1 Å². The average Bonchev–Trinajstić information content (AvgIpc) is 3.06. The van der Waals surface area contributed by atoms with Gasteiger partial charge in [-0.15, -0.1) is 11.3 Å². The van der Waals surface area contributed by atoms with Gasteiger partial charge in [0.25, 0.3) is 15.9 Å². The van der Waals surface area contributed by atoms with Gasteiger partial charge >= 0.3 is 0 Å². The third-order valence-electron chi connectivity index (χ3n) is 2.97. The van der Waals surface area contributed by atoms with Crippen LogP contribution in [0.3, 0.4) is 0 Å². The van der Waals surface area contributed by atoms with E-state index in [0.717, 1.165) is 24.2 Å². The van der Waals surface area contributed by atoms with Gasteiger partial charge in [0.2, 0.25) is 0 Å². The van der Waals surface area contributed by atoms with Crippen LogP contribution in [0.4, 0.5) is 0 Å². The normalized spacial score (nSPS) is 20.4. The van der Waals surface area contributed by atoms with E-state index in [1.807, 2.05) is 4.72 Å². The lowest BCUT2D eigenvalue weighted by Crippen LogP contribution is -2.39. The van der Waals surface area contributed by atoms with Crippen LogP contribution in [0.15, 0.2) is 16.3 Å². The SMILES string of the molecule is C[C@@H](OC[C@H]1CCCO1)C(=O)NS(=O)(=O)c1ccc(Cl)s1. The van der Waals surface area contributed by atoms with E-state index >= 15 is 0 Å².